The number of unbranched alkanes of at least 4 members (excludes halogenated alkanes) is 2. The minimum Gasteiger partial charge on any atom is -0.323 e. The third-order valence-corrected chi connectivity index (χ3v) is 3.44. The smallest absolute Gasteiger partial charge is 0.0708 e. The van der Waals surface area contributed by atoms with E-state index >= 15 is 0 Å². The lowest BCUT2D eigenvalue weighted by Crippen LogP contribution is -2.12. The van der Waals surface area contributed by atoms with Crippen LogP contribution in [-0.4, -0.2) is 4.98 Å². The Bertz CT molecular complexity index is 519. The van der Waals surface area contributed by atoms with Crippen LogP contribution in [0.2, 0.25) is 0 Å². The van der Waals surface area contributed by atoms with Crippen molar-refractivity contribution in [1.29, 1.82) is 0 Å². The van der Waals surface area contributed by atoms with E-state index in [1.165, 1.54) is 30.2 Å². The molecular weight excluding hydrogens is 220 g/mol. The number of aryl methyl sites for hydroxylation is 1. The first-order valence-electron chi connectivity index (χ1n) is 6.84. The van der Waals surface area contributed by atoms with E-state index in [1.807, 2.05) is 6.07 Å². The quantitative estimate of drug-likeness (QED) is 0.801. The Labute approximate surface area is 109 Å². The Morgan fingerprint density at radius 1 is 1.22 bits per heavy atom. The molecule has 1 unspecified atom stereocenters. The number of hydrogen-bond donors (Lipinski definition) is 1. The van der Waals surface area contributed by atoms with Gasteiger partial charge >= 0.3 is 0 Å². The Balaban J connectivity index is 2.23. The highest BCUT2D eigenvalue weighted by atomic mass is 14.8. The van der Waals surface area contributed by atoms with Gasteiger partial charge in [0.1, 0.15) is 0 Å². The summed E-state index contributed by atoms with van der Waals surface area (Å²) in [6.07, 6.45) is 4.70. The molecule has 18 heavy (non-hydrogen) atoms. The fourth-order valence-corrected chi connectivity index (χ4v) is 2.33. The molecule has 2 N–H and O–H groups in total. The van der Waals surface area contributed by atoms with Crippen molar-refractivity contribution >= 4 is 10.9 Å². The monoisotopic (exact) mass is 242 g/mol. The van der Waals surface area contributed by atoms with Crippen molar-refractivity contribution in [1.82, 2.24) is 4.98 Å². The van der Waals surface area contributed by atoms with Crippen molar-refractivity contribution in [3.05, 3.63) is 41.6 Å². The van der Waals surface area contributed by atoms with Crippen molar-refractivity contribution in [2.75, 3.05) is 0 Å². The van der Waals surface area contributed by atoms with Gasteiger partial charge in [-0.15, -0.1) is 0 Å². The minimum absolute atomic E-state index is 0.0693. The first-order valence-corrected chi connectivity index (χ1v) is 6.84. The number of para-hydroxylation sites is 1. The zero-order chi connectivity index (χ0) is 13.0. The van der Waals surface area contributed by atoms with Crippen molar-refractivity contribution < 1.29 is 0 Å². The summed E-state index contributed by atoms with van der Waals surface area (Å²) in [6.45, 7) is 4.34. The lowest BCUT2D eigenvalue weighted by atomic mass is 10.0. The highest BCUT2D eigenvalue weighted by Gasteiger charge is 2.09. The second kappa shape index (κ2) is 5.96. The maximum absolute atomic E-state index is 6.23. The summed E-state index contributed by atoms with van der Waals surface area (Å²) in [5.74, 6) is 0. The van der Waals surface area contributed by atoms with Crippen LogP contribution in [0.1, 0.15) is 49.9 Å². The zero-order valence-electron chi connectivity index (χ0n) is 11.3. The molecule has 0 saturated heterocycles. The van der Waals surface area contributed by atoms with Gasteiger partial charge in [0.05, 0.1) is 11.2 Å². The van der Waals surface area contributed by atoms with Crippen LogP contribution >= 0.6 is 0 Å². The summed E-state index contributed by atoms with van der Waals surface area (Å²) >= 11 is 0. The molecule has 0 amide bonds. The lowest BCUT2D eigenvalue weighted by molar-refractivity contribution is 0.572. The Morgan fingerprint density at radius 2 is 2.00 bits per heavy atom. The Morgan fingerprint density at radius 3 is 2.78 bits per heavy atom. The maximum Gasteiger partial charge on any atom is 0.0708 e. The van der Waals surface area contributed by atoms with Crippen molar-refractivity contribution in [3.8, 4) is 0 Å². The van der Waals surface area contributed by atoms with Gasteiger partial charge in [0.25, 0.3) is 0 Å². The second-order valence-corrected chi connectivity index (χ2v) is 4.98. The van der Waals surface area contributed by atoms with Crippen LogP contribution in [-0.2, 0) is 0 Å². The molecule has 0 saturated carbocycles. The standard InChI is InChI=1S/C16H22N2/c1-3-4-5-9-14(17)16-11-12(2)13-8-6-7-10-15(13)18-16/h6-8,10-11,14H,3-5,9,17H2,1-2H3. The van der Waals surface area contributed by atoms with E-state index in [0.717, 1.165) is 17.6 Å². The summed E-state index contributed by atoms with van der Waals surface area (Å²) in [6, 6.07) is 10.5. The number of nitrogens with zero attached hydrogens (tertiary/aromatic N) is 1. The Kier molecular flexibility index (Phi) is 4.32. The van der Waals surface area contributed by atoms with Crippen LogP contribution in [0.3, 0.4) is 0 Å². The van der Waals surface area contributed by atoms with E-state index in [9.17, 15) is 0 Å². The van der Waals surface area contributed by atoms with E-state index in [2.05, 4.69) is 43.1 Å². The van der Waals surface area contributed by atoms with Crippen molar-refractivity contribution in [2.24, 2.45) is 5.73 Å². The molecule has 2 nitrogen and oxygen atoms in total. The maximum atomic E-state index is 6.23. The molecule has 2 heteroatoms. The van der Waals surface area contributed by atoms with Crippen molar-refractivity contribution in [3.63, 3.8) is 0 Å². The van der Waals surface area contributed by atoms with Gasteiger partial charge in [-0.2, -0.15) is 0 Å². The van der Waals surface area contributed by atoms with Crippen LogP contribution in [0.25, 0.3) is 10.9 Å². The molecule has 0 aliphatic carbocycles. The van der Waals surface area contributed by atoms with E-state index in [4.69, 9.17) is 5.73 Å². The van der Waals surface area contributed by atoms with E-state index < -0.39 is 0 Å². The molecule has 0 aliphatic rings. The van der Waals surface area contributed by atoms with Gasteiger partial charge in [0, 0.05) is 11.4 Å². The van der Waals surface area contributed by atoms with Crippen molar-refractivity contribution in [2.45, 2.75) is 45.6 Å². The lowest BCUT2D eigenvalue weighted by Gasteiger charge is -2.13. The van der Waals surface area contributed by atoms with Gasteiger partial charge in [0.2, 0.25) is 0 Å². The predicted octanol–water partition coefficient (Wildman–Crippen LogP) is 4.12. The highest BCUT2D eigenvalue weighted by Crippen LogP contribution is 2.22. The molecule has 0 bridgehead atoms. The number of aromatic nitrogens is 1. The second-order valence-electron chi connectivity index (χ2n) is 4.98. The van der Waals surface area contributed by atoms with E-state index in [-0.39, 0.29) is 6.04 Å². The third-order valence-electron chi connectivity index (χ3n) is 3.44. The largest absolute Gasteiger partial charge is 0.323 e. The van der Waals surface area contributed by atoms with Gasteiger partial charge in [-0.1, -0.05) is 44.4 Å². The number of nitrogens with two attached hydrogens (primary N) is 1. The van der Waals surface area contributed by atoms with Crippen LogP contribution in [0.4, 0.5) is 0 Å². The minimum atomic E-state index is 0.0693. The number of benzene rings is 1. The number of rotatable bonds is 5. The molecule has 1 atom stereocenters. The first kappa shape index (κ1) is 13.0. The van der Waals surface area contributed by atoms with Gasteiger partial charge in [0.15, 0.2) is 0 Å². The molecule has 2 rings (SSSR count). The Hall–Kier alpha value is -1.41. The summed E-state index contributed by atoms with van der Waals surface area (Å²) in [5, 5.41) is 1.22. The molecular formula is C16H22N2. The van der Waals surface area contributed by atoms with Crippen LogP contribution in [0, 0.1) is 6.92 Å². The van der Waals surface area contributed by atoms with Gasteiger partial charge in [-0.25, -0.2) is 0 Å². The fourth-order valence-electron chi connectivity index (χ4n) is 2.33. The summed E-state index contributed by atoms with van der Waals surface area (Å²) in [4.78, 5) is 4.69. The molecule has 0 aliphatic heterocycles. The molecule has 1 heterocycles. The van der Waals surface area contributed by atoms with Crippen LogP contribution in [0.5, 0.6) is 0 Å². The molecule has 96 valence electrons. The average Bonchev–Trinajstić information content (AvgIpc) is 2.39. The molecule has 0 radical (unpaired) electrons. The average molecular weight is 242 g/mol. The molecule has 0 fully saturated rings. The summed E-state index contributed by atoms with van der Waals surface area (Å²) in [5.41, 5.74) is 9.58. The number of pyridine rings is 1. The number of hydrogen-bond acceptors (Lipinski definition) is 2. The third kappa shape index (κ3) is 2.88. The van der Waals surface area contributed by atoms with Gasteiger partial charge in [-0.3, -0.25) is 4.98 Å². The molecule has 2 aromatic rings. The molecule has 0 spiro atoms. The SMILES string of the molecule is CCCCCC(N)c1cc(C)c2ccccc2n1. The molecule has 1 aromatic heterocycles. The van der Waals surface area contributed by atoms with Crippen LogP contribution < -0.4 is 5.73 Å². The van der Waals surface area contributed by atoms with Gasteiger partial charge in [-0.05, 0) is 31.0 Å². The number of fused-ring (bicyclic) bond motifs is 1. The summed E-state index contributed by atoms with van der Waals surface area (Å²) in [7, 11) is 0. The zero-order valence-corrected chi connectivity index (χ0v) is 11.3. The van der Waals surface area contributed by atoms with E-state index in [0.29, 0.717) is 0 Å². The highest BCUT2D eigenvalue weighted by molar-refractivity contribution is 5.82. The van der Waals surface area contributed by atoms with Gasteiger partial charge < -0.3 is 5.73 Å². The predicted molar refractivity (Wildman–Crippen MR) is 77.6 cm³/mol. The topological polar surface area (TPSA) is 38.9 Å². The first-order chi connectivity index (χ1) is 8.72. The summed E-state index contributed by atoms with van der Waals surface area (Å²) < 4.78 is 0. The fraction of sp³-hybridized carbons (Fsp3) is 0.438. The molecule has 1 aromatic carbocycles. The normalized spacial score (nSPS) is 12.8. The van der Waals surface area contributed by atoms with Crippen LogP contribution in [0.15, 0.2) is 30.3 Å². The van der Waals surface area contributed by atoms with E-state index in [1.54, 1.807) is 0 Å².